The van der Waals surface area contributed by atoms with Gasteiger partial charge in [-0.05, 0) is 49.6 Å². The predicted octanol–water partition coefficient (Wildman–Crippen LogP) is 3.43. The molecule has 1 unspecified atom stereocenters. The van der Waals surface area contributed by atoms with Crippen molar-refractivity contribution in [3.8, 4) is 0 Å². The minimum atomic E-state index is -3.17. The fourth-order valence-corrected chi connectivity index (χ4v) is 4.62. The second kappa shape index (κ2) is 7.96. The Morgan fingerprint density at radius 2 is 1.78 bits per heavy atom. The van der Waals surface area contributed by atoms with Crippen LogP contribution >= 0.6 is 0 Å². The van der Waals surface area contributed by atoms with Gasteiger partial charge in [0.05, 0.1) is 17.5 Å². The minimum Gasteiger partial charge on any atom is -0.346 e. The molecular formula is C21H24N2O3S. The summed E-state index contributed by atoms with van der Waals surface area (Å²) in [4.78, 5) is 12.1. The minimum absolute atomic E-state index is 0.0782. The van der Waals surface area contributed by atoms with E-state index >= 15 is 0 Å². The largest absolute Gasteiger partial charge is 0.346 e. The molecule has 1 saturated heterocycles. The molecule has 0 bridgehead atoms. The molecule has 3 rings (SSSR count). The second-order valence-electron chi connectivity index (χ2n) is 6.81. The zero-order valence-electron chi connectivity index (χ0n) is 15.6. The quantitative estimate of drug-likeness (QED) is 0.803. The number of nitrogens with one attached hydrogen (secondary N) is 1. The van der Waals surface area contributed by atoms with Gasteiger partial charge in [0.2, 0.25) is 15.9 Å². The summed E-state index contributed by atoms with van der Waals surface area (Å²) in [5.41, 5.74) is 3.75. The van der Waals surface area contributed by atoms with Crippen LogP contribution in [-0.2, 0) is 14.8 Å². The number of sulfonamides is 1. The van der Waals surface area contributed by atoms with Crippen LogP contribution in [0.3, 0.4) is 0 Å². The summed E-state index contributed by atoms with van der Waals surface area (Å²) in [6, 6.07) is 15.2. The fourth-order valence-electron chi connectivity index (χ4n) is 3.05. The molecule has 1 aliphatic heterocycles. The van der Waals surface area contributed by atoms with Crippen LogP contribution in [0.2, 0.25) is 0 Å². The molecule has 0 radical (unpaired) electrons. The van der Waals surface area contributed by atoms with Gasteiger partial charge in [0.15, 0.2) is 0 Å². The van der Waals surface area contributed by atoms with Crippen LogP contribution in [0.15, 0.2) is 54.6 Å². The van der Waals surface area contributed by atoms with Crippen molar-refractivity contribution in [3.05, 3.63) is 71.3 Å². The van der Waals surface area contributed by atoms with E-state index in [9.17, 15) is 13.2 Å². The predicted molar refractivity (Wildman–Crippen MR) is 109 cm³/mol. The SMILES string of the molecule is Cc1ccc(C(C)NC(=O)/C=C/c2ccc(N3CCCS3(=O)=O)cc2)cc1. The van der Waals surface area contributed by atoms with E-state index in [1.165, 1.54) is 15.9 Å². The Morgan fingerprint density at radius 1 is 1.11 bits per heavy atom. The molecule has 27 heavy (non-hydrogen) atoms. The van der Waals surface area contributed by atoms with Crippen molar-refractivity contribution >= 4 is 27.7 Å². The number of hydrogen-bond donors (Lipinski definition) is 1. The Kier molecular flexibility index (Phi) is 5.65. The van der Waals surface area contributed by atoms with E-state index in [0.717, 1.165) is 11.1 Å². The molecule has 1 atom stereocenters. The number of hydrogen-bond acceptors (Lipinski definition) is 3. The number of nitrogens with zero attached hydrogens (tertiary/aromatic N) is 1. The molecule has 6 heteroatoms. The monoisotopic (exact) mass is 384 g/mol. The lowest BCUT2D eigenvalue weighted by Gasteiger charge is -2.16. The van der Waals surface area contributed by atoms with Gasteiger partial charge in [-0.15, -0.1) is 0 Å². The Balaban J connectivity index is 1.60. The average Bonchev–Trinajstić information content (AvgIpc) is 3.00. The van der Waals surface area contributed by atoms with Crippen molar-refractivity contribution in [3.63, 3.8) is 0 Å². The lowest BCUT2D eigenvalue weighted by atomic mass is 10.1. The summed E-state index contributed by atoms with van der Waals surface area (Å²) in [7, 11) is -3.17. The number of carbonyl (C=O) groups excluding carboxylic acids is 1. The van der Waals surface area contributed by atoms with E-state index in [1.54, 1.807) is 18.2 Å². The highest BCUT2D eigenvalue weighted by Gasteiger charge is 2.28. The number of amides is 1. The smallest absolute Gasteiger partial charge is 0.244 e. The molecule has 1 amide bonds. The molecule has 1 aliphatic rings. The first-order valence-corrected chi connectivity index (χ1v) is 10.6. The molecule has 0 aliphatic carbocycles. The van der Waals surface area contributed by atoms with E-state index in [4.69, 9.17) is 0 Å². The van der Waals surface area contributed by atoms with Crippen LogP contribution in [0.4, 0.5) is 5.69 Å². The zero-order valence-corrected chi connectivity index (χ0v) is 16.4. The van der Waals surface area contributed by atoms with Gasteiger partial charge in [-0.25, -0.2) is 8.42 Å². The van der Waals surface area contributed by atoms with Crippen LogP contribution in [0, 0.1) is 6.92 Å². The van der Waals surface area contributed by atoms with Gasteiger partial charge in [0.1, 0.15) is 0 Å². The van der Waals surface area contributed by atoms with E-state index in [-0.39, 0.29) is 17.7 Å². The summed E-state index contributed by atoms with van der Waals surface area (Å²) >= 11 is 0. The molecule has 0 saturated carbocycles. The highest BCUT2D eigenvalue weighted by atomic mass is 32.2. The summed E-state index contributed by atoms with van der Waals surface area (Å²) in [6.45, 7) is 4.50. The number of carbonyl (C=O) groups is 1. The summed E-state index contributed by atoms with van der Waals surface area (Å²) < 4.78 is 25.4. The molecule has 2 aromatic rings. The normalized spacial score (nSPS) is 17.2. The van der Waals surface area contributed by atoms with Crippen LogP contribution in [-0.4, -0.2) is 26.6 Å². The van der Waals surface area contributed by atoms with Gasteiger partial charge in [-0.1, -0.05) is 42.0 Å². The highest BCUT2D eigenvalue weighted by molar-refractivity contribution is 7.93. The zero-order chi connectivity index (χ0) is 19.4. The van der Waals surface area contributed by atoms with Gasteiger partial charge in [0.25, 0.3) is 0 Å². The van der Waals surface area contributed by atoms with Gasteiger partial charge < -0.3 is 5.32 Å². The number of anilines is 1. The summed E-state index contributed by atoms with van der Waals surface area (Å²) in [5.74, 6) is 0.0304. The lowest BCUT2D eigenvalue weighted by molar-refractivity contribution is -0.117. The highest BCUT2D eigenvalue weighted by Crippen LogP contribution is 2.24. The van der Waals surface area contributed by atoms with E-state index in [2.05, 4.69) is 5.32 Å². The third kappa shape index (κ3) is 4.77. The maximum absolute atomic E-state index is 12.1. The molecular weight excluding hydrogens is 360 g/mol. The molecule has 1 fully saturated rings. The first-order chi connectivity index (χ1) is 12.8. The third-order valence-electron chi connectivity index (χ3n) is 4.64. The van der Waals surface area contributed by atoms with E-state index in [0.29, 0.717) is 18.7 Å². The Morgan fingerprint density at radius 3 is 2.37 bits per heavy atom. The van der Waals surface area contributed by atoms with Gasteiger partial charge in [-0.3, -0.25) is 9.10 Å². The molecule has 0 spiro atoms. The Labute approximate surface area is 160 Å². The first-order valence-electron chi connectivity index (χ1n) is 9.01. The van der Waals surface area contributed by atoms with Crippen molar-refractivity contribution in [2.45, 2.75) is 26.3 Å². The molecule has 1 heterocycles. The molecule has 0 aromatic heterocycles. The van der Waals surface area contributed by atoms with Gasteiger partial charge >= 0.3 is 0 Å². The summed E-state index contributed by atoms with van der Waals surface area (Å²) in [6.07, 6.45) is 3.87. The first kappa shape index (κ1) is 19.2. The Hall–Kier alpha value is -2.60. The van der Waals surface area contributed by atoms with Crippen molar-refractivity contribution in [2.24, 2.45) is 0 Å². The molecule has 5 nitrogen and oxygen atoms in total. The van der Waals surface area contributed by atoms with Crippen molar-refractivity contribution in [1.29, 1.82) is 0 Å². The van der Waals surface area contributed by atoms with Crippen LogP contribution in [0.1, 0.15) is 36.1 Å². The van der Waals surface area contributed by atoms with E-state index in [1.807, 2.05) is 50.2 Å². The maximum atomic E-state index is 12.1. The van der Waals surface area contributed by atoms with Crippen molar-refractivity contribution < 1.29 is 13.2 Å². The molecule has 1 N–H and O–H groups in total. The third-order valence-corrected chi connectivity index (χ3v) is 6.51. The standard InChI is InChI=1S/C21H24N2O3S/c1-16-4-9-19(10-5-16)17(2)22-21(24)13-8-18-6-11-20(12-7-18)23-14-3-15-27(23,25)26/h4-13,17H,3,14-15H2,1-2H3,(H,22,24)/b13-8+. The number of benzene rings is 2. The van der Waals surface area contributed by atoms with E-state index < -0.39 is 10.0 Å². The molecule has 2 aromatic carbocycles. The van der Waals surface area contributed by atoms with Crippen LogP contribution in [0.25, 0.3) is 6.08 Å². The van der Waals surface area contributed by atoms with Crippen molar-refractivity contribution in [1.82, 2.24) is 5.32 Å². The van der Waals surface area contributed by atoms with Crippen LogP contribution in [0.5, 0.6) is 0 Å². The van der Waals surface area contributed by atoms with Crippen LogP contribution < -0.4 is 9.62 Å². The fraction of sp³-hybridized carbons (Fsp3) is 0.286. The molecule has 142 valence electrons. The number of rotatable bonds is 5. The summed E-state index contributed by atoms with van der Waals surface area (Å²) in [5, 5.41) is 2.94. The number of aryl methyl sites for hydroxylation is 1. The maximum Gasteiger partial charge on any atom is 0.244 e. The topological polar surface area (TPSA) is 66.5 Å². The van der Waals surface area contributed by atoms with Gasteiger partial charge in [0, 0.05) is 12.6 Å². The second-order valence-corrected chi connectivity index (χ2v) is 8.82. The average molecular weight is 385 g/mol. The van der Waals surface area contributed by atoms with Gasteiger partial charge in [-0.2, -0.15) is 0 Å². The lowest BCUT2D eigenvalue weighted by Crippen LogP contribution is -2.25. The van der Waals surface area contributed by atoms with Crippen molar-refractivity contribution in [2.75, 3.05) is 16.6 Å². The Bertz CT molecular complexity index is 932.